The summed E-state index contributed by atoms with van der Waals surface area (Å²) in [6, 6.07) is 9.39. The maximum Gasteiger partial charge on any atom is 0.410 e. The number of nitrogens with zero attached hydrogens (tertiary/aromatic N) is 3. The fourth-order valence-corrected chi connectivity index (χ4v) is 12.1. The highest BCUT2D eigenvalue weighted by Crippen LogP contribution is 2.30. The first-order valence-corrected chi connectivity index (χ1v) is 36.2. The number of likely N-dealkylation sites (N-methyl/N-ethyl adjacent to an activating group) is 2. The zero-order valence-corrected chi connectivity index (χ0v) is 63.2. The number of anilines is 1. The molecule has 1 fully saturated rings. The van der Waals surface area contributed by atoms with Gasteiger partial charge >= 0.3 is 18.1 Å². The number of carboxylic acid groups (broad SMARTS) is 1. The maximum atomic E-state index is 14.8. The lowest BCUT2D eigenvalue weighted by Crippen LogP contribution is -2.60. The minimum atomic E-state index is -1.19. The summed E-state index contributed by atoms with van der Waals surface area (Å²) in [5.41, 5.74) is 12.4. The Morgan fingerprint density at radius 2 is 1.24 bits per heavy atom. The van der Waals surface area contributed by atoms with Crippen molar-refractivity contribution in [3.05, 3.63) is 65.7 Å². The van der Waals surface area contributed by atoms with E-state index in [0.29, 0.717) is 129 Å². The van der Waals surface area contributed by atoms with Gasteiger partial charge in [-0.15, -0.1) is 0 Å². The lowest BCUT2D eigenvalue weighted by Gasteiger charge is -2.41. The van der Waals surface area contributed by atoms with Crippen LogP contribution < -0.4 is 43.4 Å². The molecule has 0 radical (unpaired) electrons. The van der Waals surface area contributed by atoms with Crippen molar-refractivity contribution in [1.82, 2.24) is 41.3 Å². The minimum Gasteiger partial charge on any atom is -0.480 e. The van der Waals surface area contributed by atoms with Crippen molar-refractivity contribution in [1.29, 1.82) is 0 Å². The molecule has 1 saturated heterocycles. The van der Waals surface area contributed by atoms with Gasteiger partial charge in [-0.05, 0) is 72.6 Å². The van der Waals surface area contributed by atoms with E-state index in [4.69, 9.17) is 54.1 Å². The van der Waals surface area contributed by atoms with Crippen LogP contribution in [-0.4, -0.2) is 262 Å². The molecule has 584 valence electrons. The number of rotatable bonds is 54. The molecule has 1 aliphatic heterocycles. The number of carbonyl (C=O) groups is 9. The van der Waals surface area contributed by atoms with Gasteiger partial charge in [0.05, 0.1) is 122 Å². The third-order valence-electron chi connectivity index (χ3n) is 18.2. The van der Waals surface area contributed by atoms with Crippen LogP contribution in [0.1, 0.15) is 118 Å². The van der Waals surface area contributed by atoms with Gasteiger partial charge in [0.15, 0.2) is 0 Å². The molecular formula is C73H123N11O19. The molecule has 30 heteroatoms. The standard InChI is InChI=1S/C73H123N11O19/c1-14-51(8)65(60(95-12)45-62(86)84-31-19-23-59(84)66(96-13)52(9)67(87)80-57(71(91)92)44-53-20-16-15-17-21-53)82(10)70(90)63(49(4)5)81-69(89)64(50(6)7)83(11)73(94)103-47-54-24-26-55(27-25-54)78-68(88)56(22-18-30-76-72(75)93)77-46-58(48(2)3)79-61(85)28-32-97-34-36-99-38-40-101-42-43-102-41-39-100-37-35-98-33-29-74/h15-17,20-21,24-27,48-52,56-60,63-66,77H,14,18-19,22-23,28-47,74H2,1-13H3,(H,78,88)(H,79,85)(H,80,87)(H,81,89)(H,91,92)(H3,75,76,93)/t51-,52+,56-,57-,58+,59-,60+,63-,64-,65-,66+/m0/s1. The number of ether oxygens (including phenoxy) is 9. The van der Waals surface area contributed by atoms with E-state index < -0.39 is 102 Å². The van der Waals surface area contributed by atoms with Gasteiger partial charge in [-0.2, -0.15) is 0 Å². The molecule has 0 aliphatic carbocycles. The van der Waals surface area contributed by atoms with Gasteiger partial charge in [-0.25, -0.2) is 14.4 Å². The van der Waals surface area contributed by atoms with E-state index >= 15 is 0 Å². The van der Waals surface area contributed by atoms with Crippen LogP contribution in [-0.2, 0) is 89.2 Å². The lowest BCUT2D eigenvalue weighted by atomic mass is 9.89. The summed E-state index contributed by atoms with van der Waals surface area (Å²) in [5, 5.41) is 27.5. The molecule has 103 heavy (non-hydrogen) atoms. The summed E-state index contributed by atoms with van der Waals surface area (Å²) < 4.78 is 50.6. The Bertz CT molecular complexity index is 2810. The molecular weight excluding hydrogens is 1330 g/mol. The van der Waals surface area contributed by atoms with Crippen molar-refractivity contribution in [2.75, 3.05) is 139 Å². The number of carboxylic acids is 1. The van der Waals surface area contributed by atoms with Crippen molar-refractivity contribution < 1.29 is 90.9 Å². The highest BCUT2D eigenvalue weighted by molar-refractivity contribution is 5.95. The van der Waals surface area contributed by atoms with Crippen molar-refractivity contribution in [3.8, 4) is 0 Å². The molecule has 0 unspecified atom stereocenters. The van der Waals surface area contributed by atoms with E-state index in [9.17, 15) is 48.3 Å². The van der Waals surface area contributed by atoms with E-state index in [2.05, 4.69) is 31.9 Å². The van der Waals surface area contributed by atoms with Crippen molar-refractivity contribution >= 4 is 59.2 Å². The van der Waals surface area contributed by atoms with Crippen molar-refractivity contribution in [3.63, 3.8) is 0 Å². The van der Waals surface area contributed by atoms with Crippen LogP contribution in [0.25, 0.3) is 0 Å². The normalized spacial score (nSPS) is 16.0. The predicted octanol–water partition coefficient (Wildman–Crippen LogP) is 4.09. The number of hydrogen-bond donors (Lipinski definition) is 9. The molecule has 1 heterocycles. The number of likely N-dealkylation sites (tertiary alicyclic amines) is 1. The second-order valence-corrected chi connectivity index (χ2v) is 27.0. The van der Waals surface area contributed by atoms with Crippen LogP contribution in [0.5, 0.6) is 0 Å². The van der Waals surface area contributed by atoms with Gasteiger partial charge in [0, 0.05) is 79.1 Å². The van der Waals surface area contributed by atoms with Crippen LogP contribution in [0, 0.1) is 29.6 Å². The Hall–Kier alpha value is -7.13. The number of nitrogens with two attached hydrogens (primary N) is 2. The fraction of sp³-hybridized carbons (Fsp3) is 0.712. The fourth-order valence-electron chi connectivity index (χ4n) is 12.1. The molecule has 2 aromatic rings. The average molecular weight is 1460 g/mol. The molecule has 9 amide bonds. The molecule has 11 atom stereocenters. The van der Waals surface area contributed by atoms with E-state index in [0.717, 1.165) is 5.56 Å². The van der Waals surface area contributed by atoms with Gasteiger partial charge in [0.1, 0.15) is 24.7 Å². The number of amides is 9. The third kappa shape index (κ3) is 33.3. The van der Waals surface area contributed by atoms with Crippen LogP contribution in [0.4, 0.5) is 15.3 Å². The van der Waals surface area contributed by atoms with Crippen LogP contribution in [0.3, 0.4) is 0 Å². The van der Waals surface area contributed by atoms with Gasteiger partial charge in [0.2, 0.25) is 35.4 Å². The monoisotopic (exact) mass is 1460 g/mol. The number of urea groups is 1. The van der Waals surface area contributed by atoms with E-state index in [1.54, 1.807) is 95.1 Å². The second kappa shape index (κ2) is 50.3. The molecule has 0 saturated carbocycles. The molecule has 2 aromatic carbocycles. The maximum absolute atomic E-state index is 14.8. The minimum absolute atomic E-state index is 0.0112. The average Bonchev–Trinajstić information content (AvgIpc) is 1.52. The Balaban J connectivity index is 1.57. The number of carbonyl (C=O) groups excluding carboxylic acids is 8. The molecule has 0 bridgehead atoms. The number of methoxy groups -OCH3 is 2. The molecule has 0 spiro atoms. The number of hydrogen-bond acceptors (Lipinski definition) is 20. The Morgan fingerprint density at radius 3 is 1.76 bits per heavy atom. The SMILES string of the molecule is CC[C@H](C)[C@@H]([C@@H](CC(=O)N1CCC[C@H]1[C@H](OC)[C@@H](C)C(=O)N[C@@H](Cc1ccccc1)C(=O)O)OC)N(C)C(=O)[C@@H](NC(=O)[C@H](C(C)C)N(C)C(=O)OCc1ccc(NC(=O)[C@H](CCCNC(N)=O)NC[C@@H](NC(=O)CCOCCOCCOCCOCCOCCOCCN)C(C)C)cc1)C(C)C. The molecule has 3 rings (SSSR count). The highest BCUT2D eigenvalue weighted by atomic mass is 16.6. The van der Waals surface area contributed by atoms with Crippen molar-refractivity contribution in [2.24, 2.45) is 41.1 Å². The first-order chi connectivity index (χ1) is 49.2. The Morgan fingerprint density at radius 1 is 0.660 bits per heavy atom. The van der Waals surface area contributed by atoms with Crippen LogP contribution in [0.15, 0.2) is 54.6 Å². The van der Waals surface area contributed by atoms with Crippen LogP contribution in [0.2, 0.25) is 0 Å². The highest BCUT2D eigenvalue weighted by Gasteiger charge is 2.44. The summed E-state index contributed by atoms with van der Waals surface area (Å²) in [6.07, 6.45) is 0.186. The molecule has 1 aliphatic rings. The zero-order chi connectivity index (χ0) is 76.4. The number of benzene rings is 2. The topological polar surface area (TPSA) is 391 Å². The summed E-state index contributed by atoms with van der Waals surface area (Å²) >= 11 is 0. The van der Waals surface area contributed by atoms with Gasteiger partial charge in [0.25, 0.3) is 0 Å². The smallest absolute Gasteiger partial charge is 0.410 e. The lowest BCUT2D eigenvalue weighted by molar-refractivity contribution is -0.148. The second-order valence-electron chi connectivity index (χ2n) is 27.0. The Labute approximate surface area is 609 Å². The number of nitrogens with one attached hydrogen (secondary N) is 6. The van der Waals surface area contributed by atoms with Crippen LogP contribution >= 0.6 is 0 Å². The largest absolute Gasteiger partial charge is 0.480 e. The van der Waals surface area contributed by atoms with Gasteiger partial charge in [-0.1, -0.05) is 111 Å². The Kier molecular flexibility index (Phi) is 44.0. The number of aliphatic carboxylic acids is 1. The first kappa shape index (κ1) is 90.1. The quantitative estimate of drug-likeness (QED) is 0.0421. The van der Waals surface area contributed by atoms with E-state index in [1.807, 2.05) is 33.8 Å². The van der Waals surface area contributed by atoms with Gasteiger partial charge < -0.3 is 101 Å². The van der Waals surface area contributed by atoms with E-state index in [-0.39, 0.29) is 81.2 Å². The zero-order valence-electron chi connectivity index (χ0n) is 63.2. The van der Waals surface area contributed by atoms with Crippen molar-refractivity contribution in [2.45, 2.75) is 175 Å². The first-order valence-electron chi connectivity index (χ1n) is 36.2. The number of primary amides is 1. The van der Waals surface area contributed by atoms with Gasteiger partial charge in [-0.3, -0.25) is 33.7 Å². The predicted molar refractivity (Wildman–Crippen MR) is 388 cm³/mol. The van der Waals surface area contributed by atoms with E-state index in [1.165, 1.54) is 31.1 Å². The summed E-state index contributed by atoms with van der Waals surface area (Å²) in [4.78, 5) is 126. The third-order valence-corrected chi connectivity index (χ3v) is 18.2. The summed E-state index contributed by atoms with van der Waals surface area (Å²) in [6.45, 7) is 22.7. The molecule has 30 nitrogen and oxygen atoms in total. The molecule has 11 N–H and O–H groups in total. The summed E-state index contributed by atoms with van der Waals surface area (Å²) in [7, 11) is 6.02. The molecule has 0 aromatic heterocycles. The summed E-state index contributed by atoms with van der Waals surface area (Å²) in [5.74, 6) is -5.48.